The molecule has 0 spiro atoms. The SMILES string of the molecule is CNC.COc1ccc(-c2nc3cc(-c4ccccc4)ccc3o2)cc1N1C(=O)c2ccc(C(=O)O)cc2C1=O. The van der Waals surface area contributed by atoms with E-state index >= 15 is 0 Å². The second kappa shape index (κ2) is 10.8. The minimum absolute atomic E-state index is 0.0210. The average Bonchev–Trinajstić information content (AvgIpc) is 3.51. The number of carbonyl (C=O) groups is 3. The molecule has 1 aromatic heterocycles. The zero-order chi connectivity index (χ0) is 28.4. The Morgan fingerprint density at radius 3 is 2.25 bits per heavy atom. The van der Waals surface area contributed by atoms with Gasteiger partial charge in [-0.2, -0.15) is 0 Å². The van der Waals surface area contributed by atoms with Crippen molar-refractivity contribution >= 4 is 34.6 Å². The number of anilines is 1. The van der Waals surface area contributed by atoms with Crippen molar-refractivity contribution in [2.45, 2.75) is 0 Å². The summed E-state index contributed by atoms with van der Waals surface area (Å²) >= 11 is 0. The largest absolute Gasteiger partial charge is 0.495 e. The molecule has 9 heteroatoms. The Balaban J connectivity index is 0.00000103. The lowest BCUT2D eigenvalue weighted by Gasteiger charge is -2.18. The molecule has 9 nitrogen and oxygen atoms in total. The van der Waals surface area contributed by atoms with Crippen LogP contribution in [0.2, 0.25) is 0 Å². The second-order valence-electron chi connectivity index (χ2n) is 8.97. The van der Waals surface area contributed by atoms with Crippen LogP contribution < -0.4 is 15.0 Å². The third kappa shape index (κ3) is 4.70. The van der Waals surface area contributed by atoms with Crippen LogP contribution >= 0.6 is 0 Å². The molecule has 6 rings (SSSR count). The number of nitrogens with zero attached hydrogens (tertiary/aromatic N) is 2. The summed E-state index contributed by atoms with van der Waals surface area (Å²) < 4.78 is 11.4. The third-order valence-electron chi connectivity index (χ3n) is 6.29. The van der Waals surface area contributed by atoms with Crippen LogP contribution in [0.5, 0.6) is 5.75 Å². The first-order valence-electron chi connectivity index (χ1n) is 12.3. The van der Waals surface area contributed by atoms with Gasteiger partial charge in [-0.1, -0.05) is 36.4 Å². The summed E-state index contributed by atoms with van der Waals surface area (Å²) in [6.07, 6.45) is 0. The lowest BCUT2D eigenvalue weighted by atomic mass is 10.1. The van der Waals surface area contributed by atoms with Gasteiger partial charge in [0.25, 0.3) is 11.8 Å². The molecule has 0 bridgehead atoms. The van der Waals surface area contributed by atoms with Crippen LogP contribution in [0.25, 0.3) is 33.7 Å². The van der Waals surface area contributed by atoms with Crippen LogP contribution in [-0.4, -0.2) is 49.1 Å². The maximum atomic E-state index is 13.2. The van der Waals surface area contributed by atoms with E-state index in [0.29, 0.717) is 28.3 Å². The minimum atomic E-state index is -1.19. The van der Waals surface area contributed by atoms with Gasteiger partial charge >= 0.3 is 5.97 Å². The highest BCUT2D eigenvalue weighted by Gasteiger charge is 2.39. The van der Waals surface area contributed by atoms with Crippen molar-refractivity contribution < 1.29 is 28.6 Å². The van der Waals surface area contributed by atoms with E-state index in [4.69, 9.17) is 9.15 Å². The number of hydrogen-bond donors (Lipinski definition) is 2. The van der Waals surface area contributed by atoms with Crippen LogP contribution in [0.3, 0.4) is 0 Å². The Morgan fingerprint density at radius 2 is 1.55 bits per heavy atom. The summed E-state index contributed by atoms with van der Waals surface area (Å²) in [5.41, 5.74) is 4.11. The topological polar surface area (TPSA) is 122 Å². The predicted molar refractivity (Wildman–Crippen MR) is 151 cm³/mol. The van der Waals surface area contributed by atoms with Crippen molar-refractivity contribution in [3.8, 4) is 28.3 Å². The van der Waals surface area contributed by atoms with Gasteiger partial charge in [0.1, 0.15) is 11.3 Å². The Hall–Kier alpha value is -5.28. The van der Waals surface area contributed by atoms with Gasteiger partial charge in [-0.3, -0.25) is 9.59 Å². The summed E-state index contributed by atoms with van der Waals surface area (Å²) in [5, 5.41) is 12.0. The molecule has 1 aliphatic heterocycles. The lowest BCUT2D eigenvalue weighted by Crippen LogP contribution is -2.29. The quantitative estimate of drug-likeness (QED) is 0.283. The molecule has 2 heterocycles. The van der Waals surface area contributed by atoms with Gasteiger partial charge in [0.05, 0.1) is 29.5 Å². The van der Waals surface area contributed by atoms with E-state index in [1.165, 1.54) is 25.3 Å². The number of fused-ring (bicyclic) bond motifs is 2. The standard InChI is InChI=1S/C29H18N2O6.C2H7N/c1-36-25-12-9-18(26-30-22-14-17(8-11-24(22)37-26)16-5-3-2-4-6-16)15-23(25)31-27(32)20-10-7-19(29(34)35)13-21(20)28(31)33;1-3-2/h2-15H,1H3,(H,34,35);3H,1-2H3. The van der Waals surface area contributed by atoms with Gasteiger partial charge in [-0.15, -0.1) is 0 Å². The highest BCUT2D eigenvalue weighted by atomic mass is 16.5. The molecule has 0 aliphatic carbocycles. The van der Waals surface area contributed by atoms with Crippen molar-refractivity contribution in [1.82, 2.24) is 10.3 Å². The van der Waals surface area contributed by atoms with Crippen LogP contribution in [0.4, 0.5) is 5.69 Å². The van der Waals surface area contributed by atoms with Gasteiger partial charge in [-0.25, -0.2) is 14.7 Å². The van der Waals surface area contributed by atoms with Gasteiger partial charge in [0.2, 0.25) is 5.89 Å². The fourth-order valence-corrected chi connectivity index (χ4v) is 4.45. The number of nitrogens with one attached hydrogen (secondary N) is 1. The van der Waals surface area contributed by atoms with Gasteiger partial charge < -0.3 is 19.6 Å². The Bertz CT molecular complexity index is 1760. The first-order valence-corrected chi connectivity index (χ1v) is 12.3. The van der Waals surface area contributed by atoms with Gasteiger partial charge in [0, 0.05) is 5.56 Å². The fourth-order valence-electron chi connectivity index (χ4n) is 4.45. The lowest BCUT2D eigenvalue weighted by molar-refractivity contribution is 0.0696. The Kier molecular flexibility index (Phi) is 7.13. The van der Waals surface area contributed by atoms with E-state index in [1.807, 2.05) is 62.6 Å². The molecule has 0 saturated heterocycles. The van der Waals surface area contributed by atoms with Crippen molar-refractivity contribution in [2.24, 2.45) is 0 Å². The van der Waals surface area contributed by atoms with E-state index in [9.17, 15) is 19.5 Å². The summed E-state index contributed by atoms with van der Waals surface area (Å²) in [5.74, 6) is -1.79. The van der Waals surface area contributed by atoms with Gasteiger partial charge in [-0.05, 0) is 73.8 Å². The van der Waals surface area contributed by atoms with E-state index in [-0.39, 0.29) is 22.4 Å². The Labute approximate surface area is 229 Å². The molecule has 0 unspecified atom stereocenters. The third-order valence-corrected chi connectivity index (χ3v) is 6.29. The van der Waals surface area contributed by atoms with Crippen LogP contribution in [0, 0.1) is 0 Å². The fraction of sp³-hybridized carbons (Fsp3) is 0.0968. The zero-order valence-electron chi connectivity index (χ0n) is 22.0. The highest BCUT2D eigenvalue weighted by Crippen LogP contribution is 2.39. The number of ether oxygens (including phenoxy) is 1. The first kappa shape index (κ1) is 26.3. The number of amides is 2. The molecule has 0 radical (unpaired) electrons. The van der Waals surface area contributed by atoms with Crippen molar-refractivity contribution in [2.75, 3.05) is 26.1 Å². The molecular formula is C31H25N3O6. The average molecular weight is 536 g/mol. The molecule has 2 N–H and O–H groups in total. The number of carboxylic acids is 1. The summed E-state index contributed by atoms with van der Waals surface area (Å²) in [6.45, 7) is 0. The van der Waals surface area contributed by atoms with E-state index in [0.717, 1.165) is 16.0 Å². The monoisotopic (exact) mass is 535 g/mol. The minimum Gasteiger partial charge on any atom is -0.495 e. The molecular weight excluding hydrogens is 510 g/mol. The number of hydrogen-bond acceptors (Lipinski definition) is 7. The molecule has 40 heavy (non-hydrogen) atoms. The zero-order valence-corrected chi connectivity index (χ0v) is 22.0. The number of imide groups is 1. The molecule has 2 amide bonds. The van der Waals surface area contributed by atoms with Crippen LogP contribution in [0.1, 0.15) is 31.1 Å². The summed E-state index contributed by atoms with van der Waals surface area (Å²) in [7, 11) is 5.18. The molecule has 200 valence electrons. The smallest absolute Gasteiger partial charge is 0.335 e. The van der Waals surface area contributed by atoms with E-state index in [1.54, 1.807) is 18.2 Å². The molecule has 4 aromatic carbocycles. The number of aromatic nitrogens is 1. The number of oxazole rings is 1. The van der Waals surface area contributed by atoms with Crippen molar-refractivity contribution in [3.63, 3.8) is 0 Å². The number of benzene rings is 4. The van der Waals surface area contributed by atoms with Gasteiger partial charge in [0.15, 0.2) is 5.58 Å². The van der Waals surface area contributed by atoms with Crippen molar-refractivity contribution in [3.05, 3.63) is 102 Å². The highest BCUT2D eigenvalue weighted by molar-refractivity contribution is 6.35. The maximum absolute atomic E-state index is 13.2. The van der Waals surface area contributed by atoms with E-state index in [2.05, 4.69) is 10.3 Å². The number of carboxylic acid groups (broad SMARTS) is 1. The molecule has 1 aliphatic rings. The van der Waals surface area contributed by atoms with Crippen molar-refractivity contribution in [1.29, 1.82) is 0 Å². The van der Waals surface area contributed by atoms with Crippen LogP contribution in [-0.2, 0) is 0 Å². The number of methoxy groups -OCH3 is 1. The van der Waals surface area contributed by atoms with E-state index < -0.39 is 17.8 Å². The van der Waals surface area contributed by atoms with Crippen LogP contribution in [0.15, 0.2) is 89.3 Å². The predicted octanol–water partition coefficient (Wildman–Crippen LogP) is 5.50. The number of rotatable bonds is 5. The Morgan fingerprint density at radius 1 is 0.850 bits per heavy atom. The number of carbonyl (C=O) groups excluding carboxylic acids is 2. The summed E-state index contributed by atoms with van der Waals surface area (Å²) in [6, 6.07) is 24.5. The molecule has 0 atom stereocenters. The summed E-state index contributed by atoms with van der Waals surface area (Å²) in [4.78, 5) is 43.4. The second-order valence-corrected chi connectivity index (χ2v) is 8.97. The number of aromatic carboxylic acids is 1. The first-order chi connectivity index (χ1) is 19.4. The molecule has 0 saturated carbocycles. The normalized spacial score (nSPS) is 12.2. The maximum Gasteiger partial charge on any atom is 0.335 e. The molecule has 5 aromatic rings. The molecule has 0 fully saturated rings.